The van der Waals surface area contributed by atoms with Gasteiger partial charge in [0.15, 0.2) is 17.6 Å². The van der Waals surface area contributed by atoms with Gasteiger partial charge in [0.1, 0.15) is 18.3 Å². The van der Waals surface area contributed by atoms with Gasteiger partial charge in [-0.05, 0) is 32.9 Å². The zero-order valence-corrected chi connectivity index (χ0v) is 14.5. The maximum atomic E-state index is 12.9. The Bertz CT molecular complexity index is 718. The summed E-state index contributed by atoms with van der Waals surface area (Å²) in [5.74, 6) is -0.879. The molecule has 2 aliphatic heterocycles. The molecule has 0 amide bonds. The molecule has 2 fully saturated rings. The Hall–Kier alpha value is -1.93. The van der Waals surface area contributed by atoms with E-state index in [2.05, 4.69) is 22.3 Å². The summed E-state index contributed by atoms with van der Waals surface area (Å²) in [6.07, 6.45) is -4.91. The number of hydrogen-bond acceptors (Lipinski definition) is 6. The van der Waals surface area contributed by atoms with Crippen LogP contribution < -0.4 is 4.74 Å². The number of ether oxygens (including phenoxy) is 4. The number of aromatic nitrogens is 2. The fourth-order valence-electron chi connectivity index (χ4n) is 3.09. The van der Waals surface area contributed by atoms with Crippen molar-refractivity contribution >= 4 is 0 Å². The predicted octanol–water partition coefficient (Wildman–Crippen LogP) is 2.89. The van der Waals surface area contributed by atoms with Crippen LogP contribution in [0.2, 0.25) is 0 Å². The van der Waals surface area contributed by atoms with Crippen molar-refractivity contribution in [1.82, 2.24) is 9.97 Å². The van der Waals surface area contributed by atoms with Gasteiger partial charge in [-0.3, -0.25) is 0 Å². The van der Waals surface area contributed by atoms with Crippen molar-refractivity contribution in [2.45, 2.75) is 63.3 Å². The highest BCUT2D eigenvalue weighted by Crippen LogP contribution is 2.39. The fraction of sp³-hybridized carbons (Fsp3) is 0.588. The van der Waals surface area contributed by atoms with E-state index in [-0.39, 0.29) is 6.10 Å². The van der Waals surface area contributed by atoms with Gasteiger partial charge >= 0.3 is 12.2 Å². The molecule has 0 spiro atoms. The van der Waals surface area contributed by atoms with Crippen LogP contribution in [0.4, 0.5) is 13.2 Å². The second-order valence-electron chi connectivity index (χ2n) is 6.55. The smallest absolute Gasteiger partial charge is 0.433 e. The van der Waals surface area contributed by atoms with Crippen molar-refractivity contribution in [3.8, 4) is 6.01 Å². The Morgan fingerprint density at radius 1 is 1.31 bits per heavy atom. The van der Waals surface area contributed by atoms with E-state index >= 15 is 0 Å². The maximum absolute atomic E-state index is 12.9. The first-order valence-electron chi connectivity index (χ1n) is 8.05. The molecule has 0 aliphatic carbocycles. The fourth-order valence-corrected chi connectivity index (χ4v) is 3.09. The third-order valence-electron chi connectivity index (χ3n) is 4.09. The number of alkyl halides is 3. The molecule has 26 heavy (non-hydrogen) atoms. The standard InChI is InChI=1S/C17H19F3N2O4/c1-5-6-10-13(14-12(9(2)23-10)25-16(3,4)26-14)24-15-21-8-7-11(22-15)17(18,19)20/h6-10,12-14H,1H2,2-4H3/t9-,10-,12+,13+,14+/m1/s1. The number of rotatable bonds is 3. The quantitative estimate of drug-likeness (QED) is 0.761. The second kappa shape index (κ2) is 6.66. The first kappa shape index (κ1) is 18.8. The van der Waals surface area contributed by atoms with E-state index in [0.29, 0.717) is 0 Å². The van der Waals surface area contributed by atoms with Crippen LogP contribution in [0.3, 0.4) is 0 Å². The number of nitrogens with zero attached hydrogens (tertiary/aromatic N) is 2. The SMILES string of the molecule is C=C=C[C@H]1O[C@H](C)[C@@H]2OC(C)(C)O[C@@H]2[C@H]1Oc1nccc(C(F)(F)F)n1. The molecule has 2 aliphatic rings. The van der Waals surface area contributed by atoms with Gasteiger partial charge in [-0.25, -0.2) is 4.98 Å². The zero-order valence-electron chi connectivity index (χ0n) is 14.5. The van der Waals surface area contributed by atoms with E-state index in [4.69, 9.17) is 18.9 Å². The summed E-state index contributed by atoms with van der Waals surface area (Å²) in [5.41, 5.74) is 1.52. The highest BCUT2D eigenvalue weighted by atomic mass is 19.4. The van der Waals surface area contributed by atoms with Crippen molar-refractivity contribution in [1.29, 1.82) is 0 Å². The lowest BCUT2D eigenvalue weighted by atomic mass is 9.95. The molecule has 9 heteroatoms. The molecule has 0 saturated carbocycles. The molecule has 0 N–H and O–H groups in total. The van der Waals surface area contributed by atoms with Crippen molar-refractivity contribution in [2.75, 3.05) is 0 Å². The summed E-state index contributed by atoms with van der Waals surface area (Å²) in [6, 6.07) is 0.353. The average molecular weight is 372 g/mol. The van der Waals surface area contributed by atoms with Gasteiger partial charge < -0.3 is 18.9 Å². The Morgan fingerprint density at radius 2 is 2.00 bits per heavy atom. The summed E-state index contributed by atoms with van der Waals surface area (Å²) in [7, 11) is 0. The lowest BCUT2D eigenvalue weighted by Gasteiger charge is -2.39. The first-order chi connectivity index (χ1) is 12.1. The van der Waals surface area contributed by atoms with E-state index in [9.17, 15) is 13.2 Å². The van der Waals surface area contributed by atoms with Gasteiger partial charge in [-0.2, -0.15) is 18.2 Å². The van der Waals surface area contributed by atoms with Crippen LogP contribution in [0.5, 0.6) is 6.01 Å². The van der Waals surface area contributed by atoms with E-state index in [1.165, 1.54) is 6.08 Å². The Morgan fingerprint density at radius 3 is 2.65 bits per heavy atom. The van der Waals surface area contributed by atoms with Crippen LogP contribution in [0.25, 0.3) is 0 Å². The van der Waals surface area contributed by atoms with Crippen LogP contribution in [0.1, 0.15) is 26.5 Å². The summed E-state index contributed by atoms with van der Waals surface area (Å²) in [6.45, 7) is 8.82. The van der Waals surface area contributed by atoms with Crippen LogP contribution in [-0.4, -0.2) is 46.3 Å². The second-order valence-corrected chi connectivity index (χ2v) is 6.55. The lowest BCUT2D eigenvalue weighted by Crippen LogP contribution is -2.57. The highest BCUT2D eigenvalue weighted by molar-refractivity contribution is 5.12. The molecule has 3 rings (SSSR count). The van der Waals surface area contributed by atoms with Gasteiger partial charge in [0.2, 0.25) is 0 Å². The minimum absolute atomic E-state index is 0.321. The number of halogens is 3. The molecule has 6 nitrogen and oxygen atoms in total. The molecule has 1 aromatic heterocycles. The molecule has 0 radical (unpaired) electrons. The summed E-state index contributed by atoms with van der Waals surface area (Å²) in [5, 5.41) is 0. The van der Waals surface area contributed by atoms with E-state index < -0.39 is 48.1 Å². The third kappa shape index (κ3) is 3.76. The van der Waals surface area contributed by atoms with Crippen LogP contribution in [0, 0.1) is 0 Å². The topological polar surface area (TPSA) is 62.7 Å². The molecular formula is C17H19F3N2O4. The maximum Gasteiger partial charge on any atom is 0.433 e. The molecule has 1 aromatic rings. The van der Waals surface area contributed by atoms with Crippen molar-refractivity contribution in [2.24, 2.45) is 0 Å². The van der Waals surface area contributed by atoms with Crippen LogP contribution in [-0.2, 0) is 20.4 Å². The average Bonchev–Trinajstić information content (AvgIpc) is 2.87. The predicted molar refractivity (Wildman–Crippen MR) is 83.3 cm³/mol. The number of hydrogen-bond donors (Lipinski definition) is 0. The van der Waals surface area contributed by atoms with Crippen molar-refractivity contribution < 1.29 is 32.1 Å². The minimum atomic E-state index is -4.60. The molecule has 2 saturated heterocycles. The summed E-state index contributed by atoms with van der Waals surface area (Å²) >= 11 is 0. The molecular weight excluding hydrogens is 353 g/mol. The molecule has 0 bridgehead atoms. The molecule has 142 valence electrons. The van der Waals surface area contributed by atoms with Crippen LogP contribution >= 0.6 is 0 Å². The molecule has 0 aromatic carbocycles. The Kier molecular flexibility index (Phi) is 4.83. The van der Waals surface area contributed by atoms with Gasteiger partial charge in [0.05, 0.1) is 6.10 Å². The summed E-state index contributed by atoms with van der Waals surface area (Å²) < 4.78 is 61.9. The third-order valence-corrected chi connectivity index (χ3v) is 4.09. The van der Waals surface area contributed by atoms with Gasteiger partial charge in [-0.1, -0.05) is 6.58 Å². The van der Waals surface area contributed by atoms with Gasteiger partial charge in [0, 0.05) is 6.20 Å². The first-order valence-corrected chi connectivity index (χ1v) is 8.05. The van der Waals surface area contributed by atoms with Gasteiger partial charge in [-0.15, -0.1) is 5.73 Å². The van der Waals surface area contributed by atoms with E-state index in [1.807, 2.05) is 6.92 Å². The van der Waals surface area contributed by atoms with Crippen molar-refractivity contribution in [3.05, 3.63) is 36.3 Å². The largest absolute Gasteiger partial charge is 0.454 e. The van der Waals surface area contributed by atoms with E-state index in [0.717, 1.165) is 12.3 Å². The summed E-state index contributed by atoms with van der Waals surface area (Å²) in [4.78, 5) is 7.22. The van der Waals surface area contributed by atoms with Crippen LogP contribution in [0.15, 0.2) is 30.6 Å². The molecule has 3 heterocycles. The van der Waals surface area contributed by atoms with E-state index in [1.54, 1.807) is 13.8 Å². The molecule has 5 atom stereocenters. The normalized spacial score (nSPS) is 33.2. The highest BCUT2D eigenvalue weighted by Gasteiger charge is 2.55. The monoisotopic (exact) mass is 372 g/mol. The van der Waals surface area contributed by atoms with Crippen molar-refractivity contribution in [3.63, 3.8) is 0 Å². The Labute approximate surface area is 148 Å². The number of fused-ring (bicyclic) bond motifs is 1. The minimum Gasteiger partial charge on any atom is -0.454 e. The Balaban J connectivity index is 1.91. The lowest BCUT2D eigenvalue weighted by molar-refractivity contribution is -0.159. The van der Waals surface area contributed by atoms with Gasteiger partial charge in [0.25, 0.3) is 0 Å². The molecule has 0 unspecified atom stereocenters. The zero-order chi connectivity index (χ0) is 19.1.